The Kier molecular flexibility index (Phi) is 9.07. The smallest absolute Gasteiger partial charge is 0.325 e. The van der Waals surface area contributed by atoms with Crippen LogP contribution in [0.1, 0.15) is 48.3 Å². The normalized spacial score (nSPS) is 19.7. The Morgan fingerprint density at radius 2 is 1.83 bits per heavy atom. The van der Waals surface area contributed by atoms with Gasteiger partial charge in [-0.15, -0.1) is 6.58 Å². The van der Waals surface area contributed by atoms with Gasteiger partial charge in [0, 0.05) is 44.3 Å². The predicted molar refractivity (Wildman–Crippen MR) is 137 cm³/mol. The third-order valence-electron chi connectivity index (χ3n) is 6.51. The summed E-state index contributed by atoms with van der Waals surface area (Å²) in [6.07, 6.45) is 1.94. The van der Waals surface area contributed by atoms with Gasteiger partial charge in [-0.3, -0.25) is 19.4 Å². The number of likely N-dealkylation sites (N-methyl/N-ethyl adjacent to an activating group) is 1. The monoisotopic (exact) mass is 479 g/mol. The highest BCUT2D eigenvalue weighted by Crippen LogP contribution is 2.35. The topological polar surface area (TPSA) is 73.3 Å². The van der Waals surface area contributed by atoms with Crippen molar-refractivity contribution in [1.82, 2.24) is 14.7 Å². The van der Waals surface area contributed by atoms with Crippen molar-refractivity contribution in [2.45, 2.75) is 38.9 Å². The molecule has 3 atom stereocenters. The van der Waals surface area contributed by atoms with Gasteiger partial charge in [0.05, 0.1) is 12.6 Å². The van der Waals surface area contributed by atoms with E-state index in [-0.39, 0.29) is 36.9 Å². The summed E-state index contributed by atoms with van der Waals surface area (Å²) >= 11 is 0. The minimum atomic E-state index is -0.433. The molecule has 2 aromatic rings. The van der Waals surface area contributed by atoms with Crippen molar-refractivity contribution >= 4 is 11.9 Å². The standard InChI is InChI=1S/C28H37N3O4/c1-6-14-30-17-21(4)31(18-20(30)3)27(23-11-9-13-25(32)16-23)22-10-8-12-24(15-22)28(34)29(5)19-26(33)35-7-2/h6,8-13,15-16,20-21,27,32H,1,7,14,17-19H2,2-5H3/t20-,21+,27?/m1/s1. The molecular formula is C28H37N3O4. The first kappa shape index (κ1) is 26.4. The second-order valence-corrected chi connectivity index (χ2v) is 9.23. The molecule has 35 heavy (non-hydrogen) atoms. The van der Waals surface area contributed by atoms with Crippen molar-refractivity contribution in [1.29, 1.82) is 0 Å². The van der Waals surface area contributed by atoms with Crippen molar-refractivity contribution in [2.24, 2.45) is 0 Å². The number of phenolic OH excluding ortho intramolecular Hbond substituents is 1. The molecule has 3 rings (SSSR count). The Hall–Kier alpha value is -3.16. The highest BCUT2D eigenvalue weighted by Gasteiger charge is 2.34. The molecular weight excluding hydrogens is 442 g/mol. The molecule has 1 saturated heterocycles. The number of carbonyl (C=O) groups excluding carboxylic acids is 2. The Labute approximate surface area is 208 Å². The molecule has 0 radical (unpaired) electrons. The maximum absolute atomic E-state index is 13.1. The maximum Gasteiger partial charge on any atom is 0.325 e. The maximum atomic E-state index is 13.1. The molecule has 1 aliphatic heterocycles. The minimum Gasteiger partial charge on any atom is -0.508 e. The second kappa shape index (κ2) is 12.0. The lowest BCUT2D eigenvalue weighted by molar-refractivity contribution is -0.143. The first-order valence-corrected chi connectivity index (χ1v) is 12.2. The number of hydrogen-bond acceptors (Lipinski definition) is 6. The van der Waals surface area contributed by atoms with Crippen LogP contribution in [0.5, 0.6) is 5.75 Å². The van der Waals surface area contributed by atoms with E-state index < -0.39 is 5.97 Å². The number of piperazine rings is 1. The first-order chi connectivity index (χ1) is 16.7. The fraction of sp³-hybridized carbons (Fsp3) is 0.429. The summed E-state index contributed by atoms with van der Waals surface area (Å²) in [5, 5.41) is 10.2. The van der Waals surface area contributed by atoms with E-state index >= 15 is 0 Å². The van der Waals surface area contributed by atoms with Gasteiger partial charge in [-0.05, 0) is 56.2 Å². The minimum absolute atomic E-state index is 0.104. The van der Waals surface area contributed by atoms with Crippen molar-refractivity contribution in [2.75, 3.05) is 39.8 Å². The Morgan fingerprint density at radius 1 is 1.14 bits per heavy atom. The molecule has 1 N–H and O–H groups in total. The fourth-order valence-corrected chi connectivity index (χ4v) is 4.81. The highest BCUT2D eigenvalue weighted by molar-refractivity contribution is 5.96. The van der Waals surface area contributed by atoms with E-state index in [0.717, 1.165) is 30.8 Å². The summed E-state index contributed by atoms with van der Waals surface area (Å²) in [6.45, 7) is 12.8. The van der Waals surface area contributed by atoms with Crippen LogP contribution < -0.4 is 0 Å². The molecule has 0 aromatic heterocycles. The Balaban J connectivity index is 1.95. The molecule has 0 aliphatic carbocycles. The Bertz CT molecular complexity index is 1040. The van der Waals surface area contributed by atoms with E-state index in [2.05, 4.69) is 30.2 Å². The summed E-state index contributed by atoms with van der Waals surface area (Å²) in [6, 6.07) is 15.3. The number of amides is 1. The first-order valence-electron chi connectivity index (χ1n) is 12.2. The summed E-state index contributed by atoms with van der Waals surface area (Å²) < 4.78 is 4.98. The van der Waals surface area contributed by atoms with Gasteiger partial charge in [0.2, 0.25) is 0 Å². The van der Waals surface area contributed by atoms with Gasteiger partial charge in [0.1, 0.15) is 12.3 Å². The van der Waals surface area contributed by atoms with Crippen LogP contribution in [0.15, 0.2) is 61.2 Å². The van der Waals surface area contributed by atoms with Crippen LogP contribution in [-0.4, -0.2) is 83.6 Å². The van der Waals surface area contributed by atoms with Gasteiger partial charge >= 0.3 is 5.97 Å². The zero-order chi connectivity index (χ0) is 25.5. The van der Waals surface area contributed by atoms with E-state index in [1.807, 2.05) is 36.4 Å². The largest absolute Gasteiger partial charge is 0.508 e. The molecule has 7 heteroatoms. The lowest BCUT2D eigenvalue weighted by Gasteiger charge is -2.47. The van der Waals surface area contributed by atoms with E-state index in [1.165, 1.54) is 4.90 Å². The zero-order valence-corrected chi connectivity index (χ0v) is 21.2. The molecule has 188 valence electrons. The number of hydrogen-bond donors (Lipinski definition) is 1. The number of benzene rings is 2. The number of nitrogens with zero attached hydrogens (tertiary/aromatic N) is 3. The van der Waals surface area contributed by atoms with Crippen LogP contribution in [0.3, 0.4) is 0 Å². The lowest BCUT2D eigenvalue weighted by Crippen LogP contribution is -2.57. The zero-order valence-electron chi connectivity index (χ0n) is 21.2. The van der Waals surface area contributed by atoms with E-state index in [4.69, 9.17) is 4.74 Å². The molecule has 1 heterocycles. The lowest BCUT2D eigenvalue weighted by atomic mass is 9.92. The highest BCUT2D eigenvalue weighted by atomic mass is 16.5. The van der Waals surface area contributed by atoms with Gasteiger partial charge in [0.15, 0.2) is 0 Å². The van der Waals surface area contributed by atoms with E-state index in [0.29, 0.717) is 11.6 Å². The van der Waals surface area contributed by atoms with Crippen LogP contribution in [0.2, 0.25) is 0 Å². The van der Waals surface area contributed by atoms with Crippen molar-refractivity contribution < 1.29 is 19.4 Å². The summed E-state index contributed by atoms with van der Waals surface area (Å²) in [4.78, 5) is 31.2. The molecule has 1 aliphatic rings. The van der Waals surface area contributed by atoms with Crippen LogP contribution in [0.25, 0.3) is 0 Å². The van der Waals surface area contributed by atoms with Gasteiger partial charge in [-0.1, -0.05) is 30.3 Å². The number of carbonyl (C=O) groups is 2. The van der Waals surface area contributed by atoms with Crippen LogP contribution in [0, 0.1) is 0 Å². The molecule has 2 aromatic carbocycles. The fourth-order valence-electron chi connectivity index (χ4n) is 4.81. The van der Waals surface area contributed by atoms with Crippen LogP contribution in [0.4, 0.5) is 0 Å². The van der Waals surface area contributed by atoms with Crippen molar-refractivity contribution in [3.8, 4) is 5.75 Å². The third kappa shape index (κ3) is 6.50. The molecule has 1 amide bonds. The SMILES string of the molecule is C=CCN1C[C@H](C)N(C(c2cccc(O)c2)c2cccc(C(=O)N(C)CC(=O)OCC)c2)C[C@H]1C. The summed E-state index contributed by atoms with van der Waals surface area (Å²) in [5.74, 6) is -0.468. The Morgan fingerprint density at radius 3 is 2.49 bits per heavy atom. The second-order valence-electron chi connectivity index (χ2n) is 9.23. The number of ether oxygens (including phenoxy) is 1. The number of rotatable bonds is 9. The van der Waals surface area contributed by atoms with Gasteiger partial charge < -0.3 is 14.7 Å². The molecule has 0 spiro atoms. The average Bonchev–Trinajstić information content (AvgIpc) is 2.82. The average molecular weight is 480 g/mol. The molecule has 1 unspecified atom stereocenters. The molecule has 0 saturated carbocycles. The van der Waals surface area contributed by atoms with Crippen LogP contribution >= 0.6 is 0 Å². The van der Waals surface area contributed by atoms with Crippen molar-refractivity contribution in [3.63, 3.8) is 0 Å². The van der Waals surface area contributed by atoms with Gasteiger partial charge in [0.25, 0.3) is 5.91 Å². The quantitative estimate of drug-likeness (QED) is 0.437. The third-order valence-corrected chi connectivity index (χ3v) is 6.51. The van der Waals surface area contributed by atoms with Crippen LogP contribution in [-0.2, 0) is 9.53 Å². The van der Waals surface area contributed by atoms with E-state index in [1.54, 1.807) is 32.2 Å². The van der Waals surface area contributed by atoms with Gasteiger partial charge in [-0.25, -0.2) is 0 Å². The molecule has 7 nitrogen and oxygen atoms in total. The van der Waals surface area contributed by atoms with E-state index in [9.17, 15) is 14.7 Å². The van der Waals surface area contributed by atoms with Gasteiger partial charge in [-0.2, -0.15) is 0 Å². The summed E-state index contributed by atoms with van der Waals surface area (Å²) in [7, 11) is 1.60. The summed E-state index contributed by atoms with van der Waals surface area (Å²) in [5.41, 5.74) is 2.43. The number of phenols is 1. The molecule has 0 bridgehead atoms. The predicted octanol–water partition coefficient (Wildman–Crippen LogP) is 3.70. The van der Waals surface area contributed by atoms with Crippen molar-refractivity contribution in [3.05, 3.63) is 77.9 Å². The molecule has 1 fully saturated rings. The number of esters is 1. The number of aromatic hydroxyl groups is 1.